The number of benzene rings is 1. The van der Waals surface area contributed by atoms with Gasteiger partial charge in [0.25, 0.3) is 0 Å². The van der Waals surface area contributed by atoms with Crippen molar-refractivity contribution in [3.8, 4) is 0 Å². The highest BCUT2D eigenvalue weighted by molar-refractivity contribution is 5.83. The van der Waals surface area contributed by atoms with Crippen LogP contribution < -0.4 is 0 Å². The molecule has 1 N–H and O–H groups in total. The minimum absolute atomic E-state index is 1.15. The molecular formula is C15H21N3. The van der Waals surface area contributed by atoms with Crippen molar-refractivity contribution in [1.82, 2.24) is 14.8 Å². The second-order valence-corrected chi connectivity index (χ2v) is 5.25. The molecule has 0 saturated carbocycles. The van der Waals surface area contributed by atoms with Crippen molar-refractivity contribution in [2.45, 2.75) is 6.42 Å². The number of H-pyrrole nitrogens is 1. The van der Waals surface area contributed by atoms with Gasteiger partial charge in [0.1, 0.15) is 0 Å². The van der Waals surface area contributed by atoms with E-state index in [1.807, 2.05) is 0 Å². The van der Waals surface area contributed by atoms with Crippen LogP contribution in [0.15, 0.2) is 30.5 Å². The number of hydrogen-bond donors (Lipinski definition) is 1. The summed E-state index contributed by atoms with van der Waals surface area (Å²) in [4.78, 5) is 8.33. The van der Waals surface area contributed by atoms with E-state index in [1.54, 1.807) is 0 Å². The van der Waals surface area contributed by atoms with Gasteiger partial charge in [-0.1, -0.05) is 18.2 Å². The van der Waals surface area contributed by atoms with E-state index in [0.717, 1.165) is 6.42 Å². The summed E-state index contributed by atoms with van der Waals surface area (Å²) in [7, 11) is 2.21. The number of para-hydroxylation sites is 1. The molecule has 1 aromatic carbocycles. The van der Waals surface area contributed by atoms with Gasteiger partial charge in [0.05, 0.1) is 0 Å². The molecule has 1 aliphatic rings. The number of piperazine rings is 1. The van der Waals surface area contributed by atoms with Gasteiger partial charge in [-0.25, -0.2) is 0 Å². The van der Waals surface area contributed by atoms with E-state index in [9.17, 15) is 0 Å². The minimum Gasteiger partial charge on any atom is -0.361 e. The predicted octanol–water partition coefficient (Wildman–Crippen LogP) is 1.96. The molecule has 3 nitrogen and oxygen atoms in total. The molecule has 0 spiro atoms. The van der Waals surface area contributed by atoms with Crippen LogP contribution in [0.25, 0.3) is 10.9 Å². The maximum absolute atomic E-state index is 3.36. The Morgan fingerprint density at radius 3 is 2.72 bits per heavy atom. The monoisotopic (exact) mass is 243 g/mol. The maximum atomic E-state index is 3.36. The Labute approximate surface area is 108 Å². The standard InChI is InChI=1S/C15H21N3/c1-17-8-10-18(11-9-17)7-6-13-12-16-15-5-3-2-4-14(13)15/h2-5,12,16H,6-11H2,1H3. The Morgan fingerprint density at radius 1 is 1.11 bits per heavy atom. The Morgan fingerprint density at radius 2 is 1.89 bits per heavy atom. The minimum atomic E-state index is 1.15. The molecule has 3 heteroatoms. The number of aromatic amines is 1. The summed E-state index contributed by atoms with van der Waals surface area (Å²) in [5.41, 5.74) is 2.70. The molecule has 1 aliphatic heterocycles. The summed E-state index contributed by atoms with van der Waals surface area (Å²) in [5, 5.41) is 1.38. The van der Waals surface area contributed by atoms with E-state index in [-0.39, 0.29) is 0 Å². The van der Waals surface area contributed by atoms with Gasteiger partial charge in [0.15, 0.2) is 0 Å². The van der Waals surface area contributed by atoms with E-state index in [0.29, 0.717) is 0 Å². The van der Waals surface area contributed by atoms with E-state index in [4.69, 9.17) is 0 Å². The average Bonchev–Trinajstić information content (AvgIpc) is 2.82. The van der Waals surface area contributed by atoms with Gasteiger partial charge in [-0.3, -0.25) is 0 Å². The number of nitrogens with zero attached hydrogens (tertiary/aromatic N) is 2. The first-order chi connectivity index (χ1) is 8.83. The molecular weight excluding hydrogens is 222 g/mol. The van der Waals surface area contributed by atoms with Crippen LogP contribution in [-0.4, -0.2) is 54.6 Å². The lowest BCUT2D eigenvalue weighted by Gasteiger charge is -2.32. The van der Waals surface area contributed by atoms with Gasteiger partial charge in [-0.2, -0.15) is 0 Å². The molecule has 96 valence electrons. The maximum Gasteiger partial charge on any atom is 0.0456 e. The Hall–Kier alpha value is -1.32. The molecule has 0 unspecified atom stereocenters. The molecule has 0 radical (unpaired) electrons. The lowest BCUT2D eigenvalue weighted by Crippen LogP contribution is -2.45. The average molecular weight is 243 g/mol. The highest BCUT2D eigenvalue weighted by Crippen LogP contribution is 2.18. The van der Waals surface area contributed by atoms with Gasteiger partial charge in [0, 0.05) is 49.8 Å². The van der Waals surface area contributed by atoms with Crippen LogP contribution in [0.3, 0.4) is 0 Å². The summed E-state index contributed by atoms with van der Waals surface area (Å²) < 4.78 is 0. The van der Waals surface area contributed by atoms with Crippen molar-refractivity contribution in [2.24, 2.45) is 0 Å². The van der Waals surface area contributed by atoms with E-state index < -0.39 is 0 Å². The second-order valence-electron chi connectivity index (χ2n) is 5.25. The summed E-state index contributed by atoms with van der Waals surface area (Å²) in [6, 6.07) is 8.57. The number of rotatable bonds is 3. The van der Waals surface area contributed by atoms with Gasteiger partial charge >= 0.3 is 0 Å². The Balaban J connectivity index is 1.63. The van der Waals surface area contributed by atoms with Crippen LogP contribution in [0, 0.1) is 0 Å². The molecule has 1 saturated heterocycles. The molecule has 2 heterocycles. The lowest BCUT2D eigenvalue weighted by atomic mass is 10.1. The number of nitrogens with one attached hydrogen (secondary N) is 1. The second kappa shape index (κ2) is 5.12. The molecule has 0 aliphatic carbocycles. The summed E-state index contributed by atoms with van der Waals surface area (Å²) in [5.74, 6) is 0. The molecule has 0 atom stereocenters. The van der Waals surface area contributed by atoms with E-state index in [1.165, 1.54) is 49.2 Å². The van der Waals surface area contributed by atoms with Crippen LogP contribution in [0.4, 0.5) is 0 Å². The molecule has 18 heavy (non-hydrogen) atoms. The zero-order valence-electron chi connectivity index (χ0n) is 11.0. The number of likely N-dealkylation sites (N-methyl/N-ethyl adjacent to an activating group) is 1. The Bertz CT molecular complexity index is 509. The summed E-state index contributed by atoms with van der Waals surface area (Å²) in [6.45, 7) is 6.00. The van der Waals surface area contributed by atoms with Crippen LogP contribution in [-0.2, 0) is 6.42 Å². The van der Waals surface area contributed by atoms with Crippen LogP contribution in [0.2, 0.25) is 0 Å². The third-order valence-electron chi connectivity index (χ3n) is 3.97. The van der Waals surface area contributed by atoms with Crippen molar-refractivity contribution < 1.29 is 0 Å². The molecule has 0 amide bonds. The van der Waals surface area contributed by atoms with Gasteiger partial charge in [-0.15, -0.1) is 0 Å². The van der Waals surface area contributed by atoms with Crippen LogP contribution in [0.1, 0.15) is 5.56 Å². The lowest BCUT2D eigenvalue weighted by molar-refractivity contribution is 0.155. The highest BCUT2D eigenvalue weighted by atomic mass is 15.2. The van der Waals surface area contributed by atoms with E-state index in [2.05, 4.69) is 52.3 Å². The smallest absolute Gasteiger partial charge is 0.0456 e. The number of fused-ring (bicyclic) bond motifs is 1. The zero-order chi connectivity index (χ0) is 12.4. The zero-order valence-corrected chi connectivity index (χ0v) is 11.0. The summed E-state index contributed by atoms with van der Waals surface area (Å²) >= 11 is 0. The first-order valence-electron chi connectivity index (χ1n) is 6.79. The fourth-order valence-electron chi connectivity index (χ4n) is 2.69. The normalized spacial score (nSPS) is 18.5. The Kier molecular flexibility index (Phi) is 3.35. The first-order valence-corrected chi connectivity index (χ1v) is 6.79. The van der Waals surface area contributed by atoms with Crippen LogP contribution in [0.5, 0.6) is 0 Å². The fraction of sp³-hybridized carbons (Fsp3) is 0.467. The predicted molar refractivity (Wildman–Crippen MR) is 75.9 cm³/mol. The summed E-state index contributed by atoms with van der Waals surface area (Å²) in [6.07, 6.45) is 3.31. The highest BCUT2D eigenvalue weighted by Gasteiger charge is 2.13. The van der Waals surface area contributed by atoms with Crippen molar-refractivity contribution >= 4 is 10.9 Å². The molecule has 0 bridgehead atoms. The van der Waals surface area contributed by atoms with Gasteiger partial charge in [-0.05, 0) is 25.1 Å². The van der Waals surface area contributed by atoms with E-state index >= 15 is 0 Å². The third-order valence-corrected chi connectivity index (χ3v) is 3.97. The van der Waals surface area contributed by atoms with Crippen molar-refractivity contribution in [3.05, 3.63) is 36.0 Å². The fourth-order valence-corrected chi connectivity index (χ4v) is 2.69. The third kappa shape index (κ3) is 2.42. The van der Waals surface area contributed by atoms with Gasteiger partial charge in [0.2, 0.25) is 0 Å². The van der Waals surface area contributed by atoms with Crippen molar-refractivity contribution in [3.63, 3.8) is 0 Å². The SMILES string of the molecule is CN1CCN(CCc2c[nH]c3ccccc23)CC1. The van der Waals surface area contributed by atoms with Gasteiger partial charge < -0.3 is 14.8 Å². The largest absolute Gasteiger partial charge is 0.361 e. The molecule has 1 fully saturated rings. The van der Waals surface area contributed by atoms with Crippen molar-refractivity contribution in [1.29, 1.82) is 0 Å². The van der Waals surface area contributed by atoms with Crippen LogP contribution >= 0.6 is 0 Å². The topological polar surface area (TPSA) is 22.3 Å². The molecule has 1 aromatic heterocycles. The van der Waals surface area contributed by atoms with Crippen molar-refractivity contribution in [2.75, 3.05) is 39.8 Å². The quantitative estimate of drug-likeness (QED) is 0.890. The number of hydrogen-bond acceptors (Lipinski definition) is 2. The molecule has 3 rings (SSSR count). The molecule has 2 aromatic rings. The number of aromatic nitrogens is 1. The first kappa shape index (κ1) is 11.8.